The third kappa shape index (κ3) is 6.08. The number of carbonyl (C=O) groups excluding carboxylic acids is 1. The molecule has 0 fully saturated rings. The number of carbonyl (C=O) groups is 1. The summed E-state index contributed by atoms with van der Waals surface area (Å²) >= 11 is 1.66. The molecule has 0 saturated carbocycles. The van der Waals surface area contributed by atoms with Gasteiger partial charge in [-0.25, -0.2) is 0 Å². The van der Waals surface area contributed by atoms with Crippen molar-refractivity contribution in [2.45, 2.75) is 13.0 Å². The Hall–Kier alpha value is -0.660. The van der Waals surface area contributed by atoms with Crippen LogP contribution in [-0.2, 0) is 4.79 Å². The number of amides is 1. The third-order valence-electron chi connectivity index (χ3n) is 1.31. The van der Waals surface area contributed by atoms with Crippen LogP contribution in [0, 0.1) is 12.3 Å². The molecule has 68 valence electrons. The van der Waals surface area contributed by atoms with Gasteiger partial charge < -0.3 is 11.1 Å². The van der Waals surface area contributed by atoms with Crippen molar-refractivity contribution in [2.75, 3.05) is 18.1 Å². The molecule has 1 amide bonds. The summed E-state index contributed by atoms with van der Waals surface area (Å²) in [6, 6.07) is -0.253. The summed E-state index contributed by atoms with van der Waals surface area (Å²) in [7, 11) is 0. The summed E-state index contributed by atoms with van der Waals surface area (Å²) < 4.78 is 0. The molecule has 0 aliphatic rings. The van der Waals surface area contributed by atoms with Crippen molar-refractivity contribution in [2.24, 2.45) is 5.73 Å². The van der Waals surface area contributed by atoms with Crippen LogP contribution in [0.3, 0.4) is 0 Å². The van der Waals surface area contributed by atoms with Crippen molar-refractivity contribution in [3.05, 3.63) is 0 Å². The third-order valence-corrected chi connectivity index (χ3v) is 2.17. The number of primary amides is 1. The fourth-order valence-electron chi connectivity index (χ4n) is 0.579. The number of nitrogens with two attached hydrogens (primary N) is 1. The zero-order valence-electron chi connectivity index (χ0n) is 7.17. The maximum Gasteiger partial charge on any atom is 0.234 e. The van der Waals surface area contributed by atoms with Gasteiger partial charge in [-0.1, -0.05) is 5.92 Å². The highest BCUT2D eigenvalue weighted by atomic mass is 32.2. The van der Waals surface area contributed by atoms with Crippen molar-refractivity contribution in [3.63, 3.8) is 0 Å². The zero-order chi connectivity index (χ0) is 9.40. The van der Waals surface area contributed by atoms with E-state index in [0.29, 0.717) is 5.75 Å². The highest BCUT2D eigenvalue weighted by Gasteiger charge is 2.05. The largest absolute Gasteiger partial charge is 0.368 e. The molecule has 0 aliphatic heterocycles. The molecular formula is C8H14N2OS. The molecule has 1 atom stereocenters. The maximum atomic E-state index is 10.5. The Morgan fingerprint density at radius 3 is 3.00 bits per heavy atom. The molecule has 3 nitrogen and oxygen atoms in total. The van der Waals surface area contributed by atoms with E-state index in [0.717, 1.165) is 12.3 Å². The molecule has 1 unspecified atom stereocenters. The van der Waals surface area contributed by atoms with E-state index in [-0.39, 0.29) is 11.9 Å². The van der Waals surface area contributed by atoms with Gasteiger partial charge in [-0.2, -0.15) is 0 Å². The SMILES string of the molecule is C#CCSCCNC(C)C(N)=O. The van der Waals surface area contributed by atoms with Crippen molar-refractivity contribution < 1.29 is 4.79 Å². The lowest BCUT2D eigenvalue weighted by atomic mass is 10.3. The van der Waals surface area contributed by atoms with Crippen molar-refractivity contribution in [1.82, 2.24) is 5.32 Å². The van der Waals surface area contributed by atoms with E-state index in [1.165, 1.54) is 0 Å². The summed E-state index contributed by atoms with van der Waals surface area (Å²) in [6.45, 7) is 2.50. The van der Waals surface area contributed by atoms with E-state index in [2.05, 4.69) is 11.2 Å². The number of hydrogen-bond acceptors (Lipinski definition) is 3. The Kier molecular flexibility index (Phi) is 6.63. The topological polar surface area (TPSA) is 55.1 Å². The number of terminal acetylenes is 1. The van der Waals surface area contributed by atoms with Crippen molar-refractivity contribution in [1.29, 1.82) is 0 Å². The van der Waals surface area contributed by atoms with Crippen LogP contribution in [0.1, 0.15) is 6.92 Å². The van der Waals surface area contributed by atoms with Gasteiger partial charge in [0, 0.05) is 12.3 Å². The summed E-state index contributed by atoms with van der Waals surface area (Å²) in [4.78, 5) is 10.5. The Balaban J connectivity index is 3.21. The first-order valence-electron chi connectivity index (χ1n) is 3.72. The van der Waals surface area contributed by atoms with Gasteiger partial charge in [0.05, 0.1) is 11.8 Å². The molecule has 0 bridgehead atoms. The van der Waals surface area contributed by atoms with Crippen LogP contribution >= 0.6 is 11.8 Å². The molecule has 4 heteroatoms. The number of hydrogen-bond donors (Lipinski definition) is 2. The zero-order valence-corrected chi connectivity index (χ0v) is 7.99. The molecule has 12 heavy (non-hydrogen) atoms. The summed E-state index contributed by atoms with van der Waals surface area (Å²) in [5.41, 5.74) is 5.04. The van der Waals surface area contributed by atoms with Crippen molar-refractivity contribution >= 4 is 17.7 Å². The van der Waals surface area contributed by atoms with Crippen LogP contribution in [0.2, 0.25) is 0 Å². The Bertz CT molecular complexity index is 176. The van der Waals surface area contributed by atoms with Gasteiger partial charge in [0.1, 0.15) is 0 Å². The lowest BCUT2D eigenvalue weighted by Gasteiger charge is -2.08. The molecule has 0 rings (SSSR count). The van der Waals surface area contributed by atoms with Crippen LogP contribution in [-0.4, -0.2) is 30.0 Å². The number of rotatable bonds is 6. The van der Waals surface area contributed by atoms with Gasteiger partial charge in [-0.3, -0.25) is 4.79 Å². The number of nitrogens with one attached hydrogen (secondary N) is 1. The molecule has 0 radical (unpaired) electrons. The Morgan fingerprint density at radius 2 is 2.50 bits per heavy atom. The van der Waals surface area contributed by atoms with Gasteiger partial charge in [0.2, 0.25) is 5.91 Å². The molecule has 0 aromatic carbocycles. The standard InChI is InChI=1S/C8H14N2OS/c1-3-5-12-6-4-10-7(2)8(9)11/h1,7,10H,4-6H2,2H3,(H2,9,11). The molecule has 0 aromatic heterocycles. The predicted octanol–water partition coefficient (Wildman–Crippen LogP) is -0.184. The second-order valence-corrected chi connectivity index (χ2v) is 3.44. The van der Waals surface area contributed by atoms with Gasteiger partial charge in [0.25, 0.3) is 0 Å². The molecule has 0 aliphatic carbocycles. The molecule has 0 saturated heterocycles. The smallest absolute Gasteiger partial charge is 0.234 e. The minimum atomic E-state index is -0.322. The molecular weight excluding hydrogens is 172 g/mol. The maximum absolute atomic E-state index is 10.5. The monoisotopic (exact) mass is 186 g/mol. The summed E-state index contributed by atoms with van der Waals surface area (Å²) in [5.74, 6) is 3.82. The fourth-order valence-corrected chi connectivity index (χ4v) is 1.10. The second-order valence-electron chi connectivity index (χ2n) is 2.33. The van der Waals surface area contributed by atoms with Crippen LogP contribution < -0.4 is 11.1 Å². The summed E-state index contributed by atoms with van der Waals surface area (Å²) in [5, 5.41) is 2.98. The minimum absolute atomic E-state index is 0.253. The first kappa shape index (κ1) is 11.3. The van der Waals surface area contributed by atoms with Crippen LogP contribution in [0.25, 0.3) is 0 Å². The molecule has 0 heterocycles. The average Bonchev–Trinajstić information content (AvgIpc) is 2.03. The number of thioether (sulfide) groups is 1. The van der Waals surface area contributed by atoms with E-state index < -0.39 is 0 Å². The predicted molar refractivity (Wildman–Crippen MR) is 52.8 cm³/mol. The normalized spacial score (nSPS) is 12.0. The van der Waals surface area contributed by atoms with Crippen LogP contribution in [0.5, 0.6) is 0 Å². The van der Waals surface area contributed by atoms with Gasteiger partial charge in [-0.15, -0.1) is 18.2 Å². The van der Waals surface area contributed by atoms with E-state index in [9.17, 15) is 4.79 Å². The lowest BCUT2D eigenvalue weighted by molar-refractivity contribution is -0.119. The van der Waals surface area contributed by atoms with Gasteiger partial charge in [0.15, 0.2) is 0 Å². The van der Waals surface area contributed by atoms with E-state index in [1.807, 2.05) is 0 Å². The van der Waals surface area contributed by atoms with Gasteiger partial charge in [-0.05, 0) is 6.92 Å². The fraction of sp³-hybridized carbons (Fsp3) is 0.625. The van der Waals surface area contributed by atoms with Crippen LogP contribution in [0.15, 0.2) is 0 Å². The second kappa shape index (κ2) is 7.01. The van der Waals surface area contributed by atoms with E-state index >= 15 is 0 Å². The average molecular weight is 186 g/mol. The first-order chi connectivity index (χ1) is 5.68. The Morgan fingerprint density at radius 1 is 1.83 bits per heavy atom. The van der Waals surface area contributed by atoms with E-state index in [4.69, 9.17) is 12.2 Å². The lowest BCUT2D eigenvalue weighted by Crippen LogP contribution is -2.39. The summed E-state index contributed by atoms with van der Waals surface area (Å²) in [6.07, 6.45) is 5.05. The molecule has 0 aromatic rings. The molecule has 0 spiro atoms. The van der Waals surface area contributed by atoms with E-state index in [1.54, 1.807) is 18.7 Å². The Labute approximate surface area is 77.5 Å². The highest BCUT2D eigenvalue weighted by molar-refractivity contribution is 7.99. The highest BCUT2D eigenvalue weighted by Crippen LogP contribution is 1.95. The molecule has 3 N–H and O–H groups in total. The minimum Gasteiger partial charge on any atom is -0.368 e. The first-order valence-corrected chi connectivity index (χ1v) is 4.88. The van der Waals surface area contributed by atoms with Crippen molar-refractivity contribution in [3.8, 4) is 12.3 Å². The van der Waals surface area contributed by atoms with Crippen LogP contribution in [0.4, 0.5) is 0 Å². The quantitative estimate of drug-likeness (QED) is 0.447. The van der Waals surface area contributed by atoms with Gasteiger partial charge >= 0.3 is 0 Å².